The van der Waals surface area contributed by atoms with Crippen LogP contribution < -0.4 is 4.72 Å². The fourth-order valence-corrected chi connectivity index (χ4v) is 5.45. The van der Waals surface area contributed by atoms with Crippen molar-refractivity contribution >= 4 is 49.1 Å². The molecule has 1 N–H and O–H groups in total. The molecule has 0 radical (unpaired) electrons. The van der Waals surface area contributed by atoms with Crippen molar-refractivity contribution in [2.75, 3.05) is 11.0 Å². The molecule has 6 aromatic rings. The van der Waals surface area contributed by atoms with Gasteiger partial charge in [0.05, 0.1) is 11.8 Å². The van der Waals surface area contributed by atoms with Gasteiger partial charge in [-0.2, -0.15) is 13.2 Å². The topological polar surface area (TPSA) is 56.0 Å². The Labute approximate surface area is 246 Å². The summed E-state index contributed by atoms with van der Waals surface area (Å²) in [5.41, 5.74) is 3.78. The molecule has 0 aliphatic carbocycles. The zero-order chi connectivity index (χ0) is 29.9. The number of nitrogens with zero attached hydrogens (tertiary/aromatic N) is 2. The number of rotatable bonds is 6. The summed E-state index contributed by atoms with van der Waals surface area (Å²) >= 11 is 6.18. The molecule has 0 aliphatic rings. The van der Waals surface area contributed by atoms with Crippen molar-refractivity contribution < 1.29 is 21.6 Å². The summed E-state index contributed by atoms with van der Waals surface area (Å²) in [5.74, 6) is 0. The first kappa shape index (κ1) is 29.3. The molecule has 216 valence electrons. The maximum Gasteiger partial charge on any atom is 0.416 e. The second kappa shape index (κ2) is 12.0. The van der Waals surface area contributed by atoms with Crippen LogP contribution in [-0.4, -0.2) is 23.8 Å². The van der Waals surface area contributed by atoms with Crippen LogP contribution in [0.4, 0.5) is 18.9 Å². The molecule has 0 amide bonds. The number of hydrogen-bond acceptors (Lipinski definition) is 2. The molecular weight excluding hydrogens is 583 g/mol. The number of nitrogens with one attached hydrogen (secondary N) is 1. The molecule has 5 nitrogen and oxygen atoms in total. The van der Waals surface area contributed by atoms with Crippen LogP contribution in [0.1, 0.15) is 16.7 Å². The molecule has 0 spiro atoms. The van der Waals surface area contributed by atoms with E-state index in [2.05, 4.69) is 51.9 Å². The van der Waals surface area contributed by atoms with Gasteiger partial charge >= 0.3 is 6.18 Å². The largest absolute Gasteiger partial charge is 0.416 e. The van der Waals surface area contributed by atoms with Gasteiger partial charge in [-0.25, -0.2) is 8.42 Å². The molecule has 4 aromatic carbocycles. The number of hydrogen-bond donors (Lipinski definition) is 1. The van der Waals surface area contributed by atoms with Gasteiger partial charge in [-0.05, 0) is 71.1 Å². The van der Waals surface area contributed by atoms with E-state index in [-0.39, 0.29) is 0 Å². The average Bonchev–Trinajstić information content (AvgIpc) is 3.53. The number of benzene rings is 4. The summed E-state index contributed by atoms with van der Waals surface area (Å²) in [6, 6.07) is 30.5. The van der Waals surface area contributed by atoms with Crippen molar-refractivity contribution in [1.82, 2.24) is 9.13 Å². The summed E-state index contributed by atoms with van der Waals surface area (Å²) in [7, 11) is -3.35. The summed E-state index contributed by atoms with van der Waals surface area (Å²) in [4.78, 5) is 0. The van der Waals surface area contributed by atoms with Gasteiger partial charge in [-0.3, -0.25) is 4.72 Å². The predicted molar refractivity (Wildman–Crippen MR) is 163 cm³/mol. The summed E-state index contributed by atoms with van der Waals surface area (Å²) in [6.45, 7) is 1.23. The molecule has 0 unspecified atom stereocenters. The smallest absolute Gasteiger partial charge is 0.343 e. The normalized spacial score (nSPS) is 11.8. The van der Waals surface area contributed by atoms with Crippen LogP contribution in [0.2, 0.25) is 5.02 Å². The number of alkyl halides is 3. The van der Waals surface area contributed by atoms with E-state index in [1.54, 1.807) is 18.2 Å². The molecule has 42 heavy (non-hydrogen) atoms. The molecule has 0 fully saturated rings. The van der Waals surface area contributed by atoms with Gasteiger partial charge in [0.25, 0.3) is 0 Å². The van der Waals surface area contributed by atoms with Crippen LogP contribution in [0.25, 0.3) is 21.8 Å². The van der Waals surface area contributed by atoms with E-state index in [1.807, 2.05) is 35.0 Å². The zero-order valence-corrected chi connectivity index (χ0v) is 24.1. The van der Waals surface area contributed by atoms with Crippen LogP contribution in [0.3, 0.4) is 0 Å². The third-order valence-electron chi connectivity index (χ3n) is 6.69. The summed E-state index contributed by atoms with van der Waals surface area (Å²) in [5, 5.41) is 2.92. The number of sulfonamides is 1. The van der Waals surface area contributed by atoms with Gasteiger partial charge in [0.2, 0.25) is 10.0 Å². The highest BCUT2D eigenvalue weighted by Gasteiger charge is 2.29. The van der Waals surface area contributed by atoms with Crippen LogP contribution in [0, 0.1) is 0 Å². The van der Waals surface area contributed by atoms with Crippen LogP contribution in [-0.2, 0) is 29.3 Å². The van der Waals surface area contributed by atoms with E-state index in [1.165, 1.54) is 23.0 Å². The van der Waals surface area contributed by atoms with Crippen LogP contribution >= 0.6 is 11.6 Å². The van der Waals surface area contributed by atoms with E-state index in [0.29, 0.717) is 12.2 Å². The number of para-hydroxylation sites is 1. The summed E-state index contributed by atoms with van der Waals surface area (Å²) < 4.78 is 66.9. The monoisotopic (exact) mass is 609 g/mol. The van der Waals surface area contributed by atoms with Crippen molar-refractivity contribution in [1.29, 1.82) is 0 Å². The first-order chi connectivity index (χ1) is 20.0. The highest BCUT2D eigenvalue weighted by molar-refractivity contribution is 7.92. The lowest BCUT2D eigenvalue weighted by molar-refractivity contribution is -0.137. The van der Waals surface area contributed by atoms with E-state index in [4.69, 9.17) is 11.6 Å². The van der Waals surface area contributed by atoms with Gasteiger partial charge in [0.1, 0.15) is 0 Å². The highest BCUT2D eigenvalue weighted by atomic mass is 35.5. The Morgan fingerprint density at radius 2 is 1.36 bits per heavy atom. The van der Waals surface area contributed by atoms with Gasteiger partial charge in [0, 0.05) is 52.6 Å². The Balaban J connectivity index is 0.000000180. The first-order valence-electron chi connectivity index (χ1n) is 13.0. The number of halogens is 4. The molecule has 0 atom stereocenters. The minimum absolute atomic E-state index is 0.417. The maximum atomic E-state index is 12.6. The second-order valence-corrected chi connectivity index (χ2v) is 12.0. The van der Waals surface area contributed by atoms with E-state index < -0.39 is 21.8 Å². The van der Waals surface area contributed by atoms with E-state index >= 15 is 0 Å². The standard InChI is InChI=1S/C17H15F3N2O2S.C15H12ClN/c1-25(23,24)21-15-6-7-16-13(10-15)8-9-22(16)11-12-2-4-14(5-3-12)17(18,19)20;16-14-7-3-1-6-13(14)11-17-10-9-12-5-2-4-8-15(12)17/h2-10,21H,11H2,1H3;1-10H,11H2. The fraction of sp³-hybridized carbons (Fsp3) is 0.125. The first-order valence-corrected chi connectivity index (χ1v) is 15.2. The molecule has 2 aromatic heterocycles. The Bertz CT molecular complexity index is 1950. The third kappa shape index (κ3) is 7.16. The van der Waals surface area contributed by atoms with Crippen LogP contribution in [0.15, 0.2) is 116 Å². The van der Waals surface area contributed by atoms with Crippen molar-refractivity contribution in [3.05, 3.63) is 137 Å². The maximum absolute atomic E-state index is 12.6. The SMILES string of the molecule is CS(=O)(=O)Nc1ccc2c(ccn2Cc2ccc(C(F)(F)F)cc2)c1.Clc1ccccc1Cn1ccc2ccccc21. The van der Waals surface area contributed by atoms with E-state index in [0.717, 1.165) is 52.0 Å². The minimum Gasteiger partial charge on any atom is -0.343 e. The quantitative estimate of drug-likeness (QED) is 0.206. The Morgan fingerprint density at radius 1 is 0.738 bits per heavy atom. The third-order valence-corrected chi connectivity index (χ3v) is 7.66. The molecular formula is C32H27ClF3N3O2S. The van der Waals surface area contributed by atoms with Gasteiger partial charge in [-0.15, -0.1) is 0 Å². The van der Waals surface area contributed by atoms with E-state index in [9.17, 15) is 21.6 Å². The molecule has 2 heterocycles. The molecule has 10 heteroatoms. The lowest BCUT2D eigenvalue weighted by Gasteiger charge is -2.10. The van der Waals surface area contributed by atoms with Crippen molar-refractivity contribution in [3.8, 4) is 0 Å². The Kier molecular flexibility index (Phi) is 8.34. The molecule has 0 saturated heterocycles. The zero-order valence-electron chi connectivity index (χ0n) is 22.5. The molecule has 6 rings (SSSR count). The minimum atomic E-state index is -4.35. The average molecular weight is 610 g/mol. The van der Waals surface area contributed by atoms with Crippen molar-refractivity contribution in [2.45, 2.75) is 19.3 Å². The lowest BCUT2D eigenvalue weighted by atomic mass is 10.1. The highest BCUT2D eigenvalue weighted by Crippen LogP contribution is 2.29. The Morgan fingerprint density at radius 3 is 2.05 bits per heavy atom. The molecule has 0 bridgehead atoms. The number of anilines is 1. The Hall–Kier alpha value is -4.21. The fourth-order valence-electron chi connectivity index (χ4n) is 4.70. The lowest BCUT2D eigenvalue weighted by Crippen LogP contribution is -2.09. The van der Waals surface area contributed by atoms with Crippen LogP contribution in [0.5, 0.6) is 0 Å². The second-order valence-electron chi connectivity index (χ2n) is 9.88. The summed E-state index contributed by atoms with van der Waals surface area (Å²) in [6.07, 6.45) is 0.648. The number of fused-ring (bicyclic) bond motifs is 2. The van der Waals surface area contributed by atoms with Crippen molar-refractivity contribution in [2.24, 2.45) is 0 Å². The molecule has 0 aliphatic heterocycles. The van der Waals surface area contributed by atoms with Gasteiger partial charge in [0.15, 0.2) is 0 Å². The van der Waals surface area contributed by atoms with Gasteiger partial charge in [-0.1, -0.05) is 60.1 Å². The number of aromatic nitrogens is 2. The predicted octanol–water partition coefficient (Wildman–Crippen LogP) is 8.42. The molecule has 0 saturated carbocycles. The van der Waals surface area contributed by atoms with Gasteiger partial charge < -0.3 is 9.13 Å². The van der Waals surface area contributed by atoms with Crippen molar-refractivity contribution in [3.63, 3.8) is 0 Å².